The van der Waals surface area contributed by atoms with E-state index in [1.165, 1.54) is 32.4 Å². The van der Waals surface area contributed by atoms with Crippen LogP contribution in [0, 0.1) is 5.92 Å². The van der Waals surface area contributed by atoms with E-state index in [0.29, 0.717) is 6.04 Å². The molecule has 0 bridgehead atoms. The molecule has 0 aromatic carbocycles. The molecule has 0 aromatic heterocycles. The fraction of sp³-hybridized carbons (Fsp3) is 1.00. The Morgan fingerprint density at radius 3 is 2.72 bits per heavy atom. The molecule has 1 heterocycles. The average Bonchev–Trinajstić information content (AvgIpc) is 2.40. The lowest BCUT2D eigenvalue weighted by Crippen LogP contribution is -2.41. The van der Waals surface area contributed by atoms with Gasteiger partial charge in [-0.1, -0.05) is 0 Å². The molecule has 1 fully saturated rings. The summed E-state index contributed by atoms with van der Waals surface area (Å²) < 4.78 is 10.5. The molecule has 4 heteroatoms. The second-order valence-electron chi connectivity index (χ2n) is 5.33. The highest BCUT2D eigenvalue weighted by atomic mass is 16.5. The Labute approximate surface area is 112 Å². The Bertz CT molecular complexity index is 196. The predicted octanol–water partition coefficient (Wildman–Crippen LogP) is 1.36. The summed E-state index contributed by atoms with van der Waals surface area (Å²) in [5.41, 5.74) is 0. The van der Waals surface area contributed by atoms with E-state index < -0.39 is 0 Å². The van der Waals surface area contributed by atoms with Gasteiger partial charge in [0, 0.05) is 26.8 Å². The van der Waals surface area contributed by atoms with Crippen molar-refractivity contribution in [3.63, 3.8) is 0 Å². The quantitative estimate of drug-likeness (QED) is 0.677. The molecule has 1 rings (SSSR count). The first-order valence-electron chi connectivity index (χ1n) is 7.20. The van der Waals surface area contributed by atoms with Gasteiger partial charge in [-0.05, 0) is 51.7 Å². The zero-order chi connectivity index (χ0) is 13.2. The second kappa shape index (κ2) is 9.73. The van der Waals surface area contributed by atoms with E-state index in [0.717, 1.165) is 32.2 Å². The number of ether oxygens (including phenoxy) is 2. The van der Waals surface area contributed by atoms with Crippen molar-refractivity contribution in [2.45, 2.75) is 32.2 Å². The Hall–Kier alpha value is -0.160. The van der Waals surface area contributed by atoms with Crippen LogP contribution in [0.4, 0.5) is 0 Å². The van der Waals surface area contributed by atoms with Crippen LogP contribution in [0.2, 0.25) is 0 Å². The molecule has 108 valence electrons. The minimum absolute atomic E-state index is 0.474. The number of hydrogen-bond donors (Lipinski definition) is 1. The molecule has 0 radical (unpaired) electrons. The lowest BCUT2D eigenvalue weighted by Gasteiger charge is -2.31. The third-order valence-electron chi connectivity index (χ3n) is 3.84. The molecule has 4 nitrogen and oxygen atoms in total. The van der Waals surface area contributed by atoms with E-state index in [2.05, 4.69) is 17.1 Å². The minimum Gasteiger partial charge on any atom is -0.383 e. The van der Waals surface area contributed by atoms with Crippen LogP contribution >= 0.6 is 0 Å². The third-order valence-corrected chi connectivity index (χ3v) is 3.84. The molecule has 2 atom stereocenters. The molecule has 1 aliphatic heterocycles. The molecule has 0 saturated carbocycles. The van der Waals surface area contributed by atoms with E-state index in [-0.39, 0.29) is 0 Å². The van der Waals surface area contributed by atoms with Crippen LogP contribution in [0.25, 0.3) is 0 Å². The van der Waals surface area contributed by atoms with Crippen LogP contribution in [0.1, 0.15) is 26.2 Å². The number of nitrogens with zero attached hydrogens (tertiary/aromatic N) is 1. The fourth-order valence-corrected chi connectivity index (χ4v) is 2.63. The average molecular weight is 258 g/mol. The van der Waals surface area contributed by atoms with Gasteiger partial charge in [-0.2, -0.15) is 0 Å². The maximum Gasteiger partial charge on any atom is 0.0615 e. The van der Waals surface area contributed by atoms with Gasteiger partial charge in [0.05, 0.1) is 13.2 Å². The number of rotatable bonds is 9. The fourth-order valence-electron chi connectivity index (χ4n) is 2.63. The monoisotopic (exact) mass is 258 g/mol. The predicted molar refractivity (Wildman–Crippen MR) is 75.0 cm³/mol. The summed E-state index contributed by atoms with van der Waals surface area (Å²) >= 11 is 0. The van der Waals surface area contributed by atoms with E-state index in [1.807, 2.05) is 0 Å². The Morgan fingerprint density at radius 1 is 1.28 bits per heavy atom. The van der Waals surface area contributed by atoms with Gasteiger partial charge in [0.2, 0.25) is 0 Å². The van der Waals surface area contributed by atoms with E-state index in [4.69, 9.17) is 9.47 Å². The van der Waals surface area contributed by atoms with Crippen molar-refractivity contribution in [3.8, 4) is 0 Å². The normalized spacial score (nSPS) is 22.3. The zero-order valence-corrected chi connectivity index (χ0v) is 12.3. The van der Waals surface area contributed by atoms with Gasteiger partial charge in [-0.3, -0.25) is 4.90 Å². The van der Waals surface area contributed by atoms with Crippen LogP contribution in [0.5, 0.6) is 0 Å². The number of nitrogens with one attached hydrogen (secondary N) is 1. The Morgan fingerprint density at radius 2 is 2.11 bits per heavy atom. The summed E-state index contributed by atoms with van der Waals surface area (Å²) in [4.78, 5) is 2.49. The molecule has 2 unspecified atom stereocenters. The van der Waals surface area contributed by atoms with Crippen molar-refractivity contribution in [1.82, 2.24) is 10.2 Å². The maximum atomic E-state index is 5.26. The summed E-state index contributed by atoms with van der Waals surface area (Å²) in [5, 5.41) is 3.49. The van der Waals surface area contributed by atoms with Gasteiger partial charge in [-0.15, -0.1) is 0 Å². The van der Waals surface area contributed by atoms with Crippen molar-refractivity contribution in [2.75, 3.05) is 53.6 Å². The van der Waals surface area contributed by atoms with Gasteiger partial charge < -0.3 is 14.8 Å². The first-order chi connectivity index (χ1) is 8.77. The van der Waals surface area contributed by atoms with Crippen LogP contribution in [-0.4, -0.2) is 64.6 Å². The molecule has 18 heavy (non-hydrogen) atoms. The minimum atomic E-state index is 0.474. The van der Waals surface area contributed by atoms with E-state index in [1.54, 1.807) is 14.2 Å². The van der Waals surface area contributed by atoms with E-state index in [9.17, 15) is 0 Å². The molecule has 1 N–H and O–H groups in total. The molecule has 0 aliphatic carbocycles. The summed E-state index contributed by atoms with van der Waals surface area (Å²) in [7, 11) is 3.54. The molecule has 0 spiro atoms. The van der Waals surface area contributed by atoms with Crippen LogP contribution in [0.3, 0.4) is 0 Å². The van der Waals surface area contributed by atoms with Crippen molar-refractivity contribution < 1.29 is 9.47 Å². The Balaban J connectivity index is 2.29. The van der Waals surface area contributed by atoms with Gasteiger partial charge in [0.1, 0.15) is 0 Å². The first kappa shape index (κ1) is 15.9. The molecule has 1 aliphatic rings. The lowest BCUT2D eigenvalue weighted by molar-refractivity contribution is 0.0704. The molecule has 1 saturated heterocycles. The Kier molecular flexibility index (Phi) is 8.59. The van der Waals surface area contributed by atoms with Crippen LogP contribution in [-0.2, 0) is 9.47 Å². The molecule has 0 aromatic rings. The summed E-state index contributed by atoms with van der Waals surface area (Å²) in [6.07, 6.45) is 3.99. The van der Waals surface area contributed by atoms with Gasteiger partial charge >= 0.3 is 0 Å². The van der Waals surface area contributed by atoms with Gasteiger partial charge in [0.25, 0.3) is 0 Å². The van der Waals surface area contributed by atoms with Crippen LogP contribution in [0.15, 0.2) is 0 Å². The van der Waals surface area contributed by atoms with Gasteiger partial charge in [-0.25, -0.2) is 0 Å². The number of methoxy groups -OCH3 is 2. The maximum absolute atomic E-state index is 5.26. The standard InChI is InChI=1S/C14H30N2O2/c1-13(12-18-3)16(9-10-17-2)8-6-14-5-4-7-15-11-14/h13-15H,4-12H2,1-3H3. The summed E-state index contributed by atoms with van der Waals surface area (Å²) in [6, 6.07) is 0.474. The van der Waals surface area contributed by atoms with Gasteiger partial charge in [0.15, 0.2) is 0 Å². The van der Waals surface area contributed by atoms with E-state index >= 15 is 0 Å². The highest BCUT2D eigenvalue weighted by molar-refractivity contribution is 4.73. The highest BCUT2D eigenvalue weighted by Gasteiger charge is 2.17. The highest BCUT2D eigenvalue weighted by Crippen LogP contribution is 2.15. The van der Waals surface area contributed by atoms with Crippen molar-refractivity contribution >= 4 is 0 Å². The smallest absolute Gasteiger partial charge is 0.0615 e. The SMILES string of the molecule is COCCN(CCC1CCCNC1)C(C)COC. The van der Waals surface area contributed by atoms with Crippen molar-refractivity contribution in [3.05, 3.63) is 0 Å². The lowest BCUT2D eigenvalue weighted by atomic mass is 9.96. The third kappa shape index (κ3) is 6.14. The molecular weight excluding hydrogens is 228 g/mol. The first-order valence-corrected chi connectivity index (χ1v) is 7.20. The van der Waals surface area contributed by atoms with Crippen LogP contribution < -0.4 is 5.32 Å². The number of hydrogen-bond acceptors (Lipinski definition) is 4. The largest absolute Gasteiger partial charge is 0.383 e. The molecular formula is C14H30N2O2. The van der Waals surface area contributed by atoms with Crippen molar-refractivity contribution in [1.29, 1.82) is 0 Å². The number of piperidine rings is 1. The summed E-state index contributed by atoms with van der Waals surface area (Å²) in [6.45, 7) is 8.38. The zero-order valence-electron chi connectivity index (χ0n) is 12.3. The topological polar surface area (TPSA) is 33.7 Å². The van der Waals surface area contributed by atoms with Crippen molar-refractivity contribution in [2.24, 2.45) is 5.92 Å². The second-order valence-corrected chi connectivity index (χ2v) is 5.33. The molecule has 0 amide bonds. The summed E-state index contributed by atoms with van der Waals surface area (Å²) in [5.74, 6) is 0.846.